The second-order valence-electron chi connectivity index (χ2n) is 1.83. The van der Waals surface area contributed by atoms with Gasteiger partial charge in [-0.05, 0) is 0 Å². The van der Waals surface area contributed by atoms with Gasteiger partial charge in [-0.15, -0.1) is 0 Å². The highest BCUT2D eigenvalue weighted by atomic mass is 19.3. The lowest BCUT2D eigenvalue weighted by Crippen LogP contribution is -2.21. The molecule has 0 heterocycles. The number of hydrogen-bond acceptors (Lipinski definition) is 0. The number of rotatable bonds is 4. The number of hydrogen-bond donors (Lipinski definition) is 0. The second-order valence-corrected chi connectivity index (χ2v) is 1.83. The van der Waals surface area contributed by atoms with E-state index in [-0.39, 0.29) is 0 Å². The maximum absolute atomic E-state index is 11.8. The molecule has 0 aliphatic carbocycles. The summed E-state index contributed by atoms with van der Waals surface area (Å²) in [5.41, 5.74) is 0. The van der Waals surface area contributed by atoms with E-state index in [0.717, 1.165) is 0 Å². The van der Waals surface area contributed by atoms with Crippen LogP contribution in [0.2, 0.25) is 0 Å². The van der Waals surface area contributed by atoms with Gasteiger partial charge in [0.25, 0.3) is 5.92 Å². The molecular weight excluding hydrogens is 155 g/mol. The molecule has 0 aromatic rings. The maximum Gasteiger partial charge on any atom is 0.284 e. The quantitative estimate of drug-likeness (QED) is 0.555. The molecule has 61 valence electrons. The average molecular weight is 161 g/mol. The lowest BCUT2D eigenvalue weighted by molar-refractivity contribution is -0.0204. The summed E-state index contributed by atoms with van der Waals surface area (Å²) in [5.74, 6) is -3.84. The van der Waals surface area contributed by atoms with E-state index in [1.165, 1.54) is 0 Å². The van der Waals surface area contributed by atoms with Crippen molar-refractivity contribution in [2.75, 3.05) is 6.67 Å². The van der Waals surface area contributed by atoms with Crippen molar-refractivity contribution in [1.82, 2.24) is 0 Å². The number of halogens is 5. The summed E-state index contributed by atoms with van der Waals surface area (Å²) < 4.78 is 57.6. The second kappa shape index (κ2) is 3.73. The number of alkyl halides is 4. The third-order valence-electron chi connectivity index (χ3n) is 0.821. The Morgan fingerprint density at radius 3 is 2.20 bits per heavy atom. The van der Waals surface area contributed by atoms with Crippen LogP contribution < -0.4 is 0 Å². The standard InChI is InChI=1S/C5H6F5/c6-2-4(8)1-5(9,10)3-7/h3-4H,1-2H2. The van der Waals surface area contributed by atoms with Crippen molar-refractivity contribution in [2.24, 2.45) is 0 Å². The molecule has 0 N–H and O–H groups in total. The van der Waals surface area contributed by atoms with Gasteiger partial charge in [0.05, 0.1) is 0 Å². The van der Waals surface area contributed by atoms with E-state index >= 15 is 0 Å². The van der Waals surface area contributed by atoms with Crippen LogP contribution in [0.1, 0.15) is 6.42 Å². The Morgan fingerprint density at radius 2 is 1.90 bits per heavy atom. The summed E-state index contributed by atoms with van der Waals surface area (Å²) in [5, 5.41) is 0. The lowest BCUT2D eigenvalue weighted by atomic mass is 10.2. The summed E-state index contributed by atoms with van der Waals surface area (Å²) in [6.45, 7) is -2.45. The smallest absolute Gasteiger partial charge is 0.248 e. The highest BCUT2D eigenvalue weighted by Gasteiger charge is 2.33. The van der Waals surface area contributed by atoms with Crippen LogP contribution in [0.15, 0.2) is 0 Å². The van der Waals surface area contributed by atoms with Gasteiger partial charge in [0.1, 0.15) is 12.8 Å². The minimum Gasteiger partial charge on any atom is -0.248 e. The van der Waals surface area contributed by atoms with E-state index in [0.29, 0.717) is 0 Å². The third kappa shape index (κ3) is 3.63. The third-order valence-corrected chi connectivity index (χ3v) is 0.821. The molecule has 0 spiro atoms. The largest absolute Gasteiger partial charge is 0.284 e. The fraction of sp³-hybridized carbons (Fsp3) is 0.800. The molecule has 0 saturated carbocycles. The predicted octanol–water partition coefficient (Wildman–Crippen LogP) is 2.45. The van der Waals surface area contributed by atoms with Gasteiger partial charge in [0.15, 0.2) is 0 Å². The van der Waals surface area contributed by atoms with Crippen molar-refractivity contribution < 1.29 is 22.0 Å². The molecule has 0 fully saturated rings. The Morgan fingerprint density at radius 1 is 1.40 bits per heavy atom. The van der Waals surface area contributed by atoms with Gasteiger partial charge >= 0.3 is 0 Å². The predicted molar refractivity (Wildman–Crippen MR) is 25.8 cm³/mol. The molecule has 0 aliphatic rings. The monoisotopic (exact) mass is 161 g/mol. The Kier molecular flexibility index (Phi) is 3.60. The van der Waals surface area contributed by atoms with Gasteiger partial charge in [-0.2, -0.15) is 0 Å². The fourth-order valence-electron chi connectivity index (χ4n) is 0.394. The van der Waals surface area contributed by atoms with Crippen LogP contribution in [-0.2, 0) is 0 Å². The summed E-state index contributed by atoms with van der Waals surface area (Å²) in [6, 6.07) is 0. The molecule has 0 saturated heterocycles. The zero-order chi connectivity index (χ0) is 8.20. The van der Waals surface area contributed by atoms with E-state index in [4.69, 9.17) is 0 Å². The minimum absolute atomic E-state index is 0.935. The van der Waals surface area contributed by atoms with Gasteiger partial charge in [0.2, 0.25) is 6.67 Å². The van der Waals surface area contributed by atoms with Crippen LogP contribution >= 0.6 is 0 Å². The maximum atomic E-state index is 11.8. The van der Waals surface area contributed by atoms with Crippen molar-refractivity contribution in [3.8, 4) is 0 Å². The highest BCUT2D eigenvalue weighted by molar-refractivity contribution is 4.78. The van der Waals surface area contributed by atoms with Crippen LogP contribution in [0, 0.1) is 6.67 Å². The Labute approximate surface area is 55.0 Å². The molecule has 0 amide bonds. The Balaban J connectivity index is 3.64. The zero-order valence-corrected chi connectivity index (χ0v) is 4.96. The van der Waals surface area contributed by atoms with Gasteiger partial charge in [-0.1, -0.05) is 0 Å². The molecule has 0 rings (SSSR count). The average Bonchev–Trinajstić information content (AvgIpc) is 1.87. The van der Waals surface area contributed by atoms with E-state index in [1.54, 1.807) is 0 Å². The van der Waals surface area contributed by atoms with Crippen LogP contribution in [0.4, 0.5) is 22.0 Å². The molecular formula is C5H6F5. The lowest BCUT2D eigenvalue weighted by Gasteiger charge is -2.11. The molecule has 0 nitrogen and oxygen atoms in total. The molecule has 10 heavy (non-hydrogen) atoms. The van der Waals surface area contributed by atoms with E-state index in [9.17, 15) is 22.0 Å². The summed E-state index contributed by atoms with van der Waals surface area (Å²) >= 11 is 0. The SMILES string of the molecule is F[CH]C(F)(F)CC(F)CF. The van der Waals surface area contributed by atoms with Crippen molar-refractivity contribution >= 4 is 0 Å². The van der Waals surface area contributed by atoms with Crippen LogP contribution in [0.3, 0.4) is 0 Å². The van der Waals surface area contributed by atoms with Gasteiger partial charge in [-0.25, -0.2) is 22.0 Å². The van der Waals surface area contributed by atoms with Crippen LogP contribution in [0.25, 0.3) is 0 Å². The highest BCUT2D eigenvalue weighted by Crippen LogP contribution is 2.25. The van der Waals surface area contributed by atoms with Crippen molar-refractivity contribution in [3.05, 3.63) is 6.67 Å². The Bertz CT molecular complexity index is 92.0. The van der Waals surface area contributed by atoms with Crippen molar-refractivity contribution in [3.63, 3.8) is 0 Å². The molecule has 5 heteroatoms. The molecule has 1 radical (unpaired) electrons. The molecule has 1 atom stereocenters. The van der Waals surface area contributed by atoms with E-state index < -0.39 is 31.9 Å². The summed E-state index contributed by atoms with van der Waals surface area (Å²) in [4.78, 5) is 0. The molecule has 0 aromatic heterocycles. The zero-order valence-electron chi connectivity index (χ0n) is 4.96. The topological polar surface area (TPSA) is 0 Å². The first-order chi connectivity index (χ1) is 4.52. The van der Waals surface area contributed by atoms with Gasteiger partial charge < -0.3 is 0 Å². The first kappa shape index (κ1) is 9.65. The molecule has 1 unspecified atom stereocenters. The normalized spacial score (nSPS) is 15.3. The first-order valence-corrected chi connectivity index (χ1v) is 2.54. The van der Waals surface area contributed by atoms with E-state index in [2.05, 4.69) is 0 Å². The van der Waals surface area contributed by atoms with Crippen LogP contribution in [-0.4, -0.2) is 18.8 Å². The van der Waals surface area contributed by atoms with E-state index in [1.807, 2.05) is 0 Å². The first-order valence-electron chi connectivity index (χ1n) is 2.54. The van der Waals surface area contributed by atoms with Gasteiger partial charge in [-0.3, -0.25) is 0 Å². The molecule has 0 aromatic carbocycles. The summed E-state index contributed by atoms with van der Waals surface area (Å²) in [7, 11) is 0. The molecule has 0 bridgehead atoms. The van der Waals surface area contributed by atoms with Crippen LogP contribution in [0.5, 0.6) is 0 Å². The fourth-order valence-corrected chi connectivity index (χ4v) is 0.394. The molecule has 0 aliphatic heterocycles. The summed E-state index contributed by atoms with van der Waals surface area (Å²) in [6.07, 6.45) is -3.72. The van der Waals surface area contributed by atoms with Crippen molar-refractivity contribution in [1.29, 1.82) is 0 Å². The Hall–Kier alpha value is -0.350. The van der Waals surface area contributed by atoms with Crippen molar-refractivity contribution in [2.45, 2.75) is 18.5 Å². The van der Waals surface area contributed by atoms with Gasteiger partial charge in [0, 0.05) is 6.42 Å². The minimum atomic E-state index is -3.84.